The number of carbonyl (C=O) groups excluding carboxylic acids is 1. The zero-order valence-electron chi connectivity index (χ0n) is 9.35. The van der Waals surface area contributed by atoms with Gasteiger partial charge in [0, 0.05) is 16.2 Å². The molecule has 2 aliphatic heterocycles. The van der Waals surface area contributed by atoms with Gasteiger partial charge in [0.05, 0.1) is 5.69 Å². The Hall–Kier alpha value is -1.32. The summed E-state index contributed by atoms with van der Waals surface area (Å²) in [6.07, 6.45) is 1.90. The molecule has 0 spiro atoms. The molecule has 2 N–H and O–H groups in total. The molecule has 0 aliphatic carbocycles. The van der Waals surface area contributed by atoms with Crippen LogP contribution in [0.2, 0.25) is 5.02 Å². The number of halogens is 1. The van der Waals surface area contributed by atoms with E-state index in [9.17, 15) is 4.79 Å². The molecular formula is C13H13ClN2O. The average Bonchev–Trinajstić information content (AvgIpc) is 2.65. The van der Waals surface area contributed by atoms with Gasteiger partial charge in [-0.15, -0.1) is 0 Å². The lowest BCUT2D eigenvalue weighted by atomic mass is 9.95. The van der Waals surface area contributed by atoms with Crippen LogP contribution in [0, 0.1) is 0 Å². The smallest absolute Gasteiger partial charge is 0.256 e. The van der Waals surface area contributed by atoms with Crippen molar-refractivity contribution in [1.82, 2.24) is 5.32 Å². The lowest BCUT2D eigenvalue weighted by Crippen LogP contribution is -2.24. The third kappa shape index (κ3) is 1.85. The minimum atomic E-state index is 0.0131. The van der Waals surface area contributed by atoms with Gasteiger partial charge in [-0.2, -0.15) is 0 Å². The Labute approximate surface area is 105 Å². The lowest BCUT2D eigenvalue weighted by molar-refractivity contribution is -0.110. The number of nitrogens with one attached hydrogen (secondary N) is 2. The maximum atomic E-state index is 12.0. The zero-order valence-corrected chi connectivity index (χ0v) is 10.1. The Balaban J connectivity index is 2.10. The van der Waals surface area contributed by atoms with Crippen LogP contribution in [-0.2, 0) is 4.79 Å². The molecule has 88 valence electrons. The summed E-state index contributed by atoms with van der Waals surface area (Å²) >= 11 is 5.93. The van der Waals surface area contributed by atoms with Crippen LogP contribution in [0.3, 0.4) is 0 Å². The van der Waals surface area contributed by atoms with E-state index in [1.807, 2.05) is 18.2 Å². The number of benzene rings is 1. The van der Waals surface area contributed by atoms with Crippen molar-refractivity contribution in [3.8, 4) is 0 Å². The van der Waals surface area contributed by atoms with Gasteiger partial charge in [-0.25, -0.2) is 0 Å². The summed E-state index contributed by atoms with van der Waals surface area (Å²) in [5.41, 5.74) is 3.94. The van der Waals surface area contributed by atoms with Crippen LogP contribution in [-0.4, -0.2) is 19.0 Å². The normalized spacial score (nSPS) is 19.2. The van der Waals surface area contributed by atoms with Crippen LogP contribution >= 0.6 is 11.6 Å². The summed E-state index contributed by atoms with van der Waals surface area (Å²) in [5, 5.41) is 6.84. The van der Waals surface area contributed by atoms with E-state index in [4.69, 9.17) is 11.6 Å². The standard InChI is InChI=1S/C13H13ClN2O/c14-9-1-2-10-11(7-9)16-13(17)12(10)8-3-5-15-6-4-8/h1-2,7,15H,3-6H2,(H,16,17). The Morgan fingerprint density at radius 3 is 2.71 bits per heavy atom. The van der Waals surface area contributed by atoms with Crippen molar-refractivity contribution >= 4 is 28.8 Å². The number of hydrogen-bond acceptors (Lipinski definition) is 2. The van der Waals surface area contributed by atoms with Crippen molar-refractivity contribution < 1.29 is 4.79 Å². The summed E-state index contributed by atoms with van der Waals surface area (Å²) in [7, 11) is 0. The second kappa shape index (κ2) is 4.17. The van der Waals surface area contributed by atoms with Crippen molar-refractivity contribution in [2.24, 2.45) is 0 Å². The highest BCUT2D eigenvalue weighted by atomic mass is 35.5. The first-order chi connectivity index (χ1) is 8.25. The van der Waals surface area contributed by atoms with E-state index in [1.165, 1.54) is 5.57 Å². The molecule has 1 aromatic carbocycles. The number of carbonyl (C=O) groups is 1. The van der Waals surface area contributed by atoms with Gasteiger partial charge in [-0.1, -0.05) is 23.2 Å². The first-order valence-electron chi connectivity index (χ1n) is 5.80. The molecule has 0 saturated carbocycles. The first-order valence-corrected chi connectivity index (χ1v) is 6.17. The highest BCUT2D eigenvalue weighted by Crippen LogP contribution is 2.37. The van der Waals surface area contributed by atoms with E-state index in [-0.39, 0.29) is 5.91 Å². The minimum Gasteiger partial charge on any atom is -0.321 e. The van der Waals surface area contributed by atoms with E-state index in [0.717, 1.165) is 42.8 Å². The van der Waals surface area contributed by atoms with Crippen LogP contribution in [0.25, 0.3) is 5.57 Å². The Morgan fingerprint density at radius 1 is 1.18 bits per heavy atom. The molecule has 0 aromatic heterocycles. The fourth-order valence-electron chi connectivity index (χ4n) is 2.47. The van der Waals surface area contributed by atoms with Crippen molar-refractivity contribution in [1.29, 1.82) is 0 Å². The fraction of sp³-hybridized carbons (Fsp3) is 0.308. The highest BCUT2D eigenvalue weighted by Gasteiger charge is 2.27. The molecule has 1 aromatic rings. The maximum absolute atomic E-state index is 12.0. The van der Waals surface area contributed by atoms with Crippen molar-refractivity contribution in [2.75, 3.05) is 18.4 Å². The van der Waals surface area contributed by atoms with Crippen LogP contribution in [0.4, 0.5) is 5.69 Å². The molecule has 0 bridgehead atoms. The number of piperidine rings is 1. The average molecular weight is 249 g/mol. The number of hydrogen-bond donors (Lipinski definition) is 2. The number of rotatable bonds is 0. The molecule has 2 heterocycles. The van der Waals surface area contributed by atoms with Gasteiger partial charge < -0.3 is 10.6 Å². The second-order valence-electron chi connectivity index (χ2n) is 4.37. The molecule has 0 radical (unpaired) electrons. The Morgan fingerprint density at radius 2 is 1.94 bits per heavy atom. The Bertz CT molecular complexity index is 514. The second-order valence-corrected chi connectivity index (χ2v) is 4.81. The predicted molar refractivity (Wildman–Crippen MR) is 69.1 cm³/mol. The molecule has 0 unspecified atom stereocenters. The Kier molecular flexibility index (Phi) is 2.65. The van der Waals surface area contributed by atoms with Crippen molar-refractivity contribution in [2.45, 2.75) is 12.8 Å². The van der Waals surface area contributed by atoms with E-state index in [1.54, 1.807) is 0 Å². The van der Waals surface area contributed by atoms with Crippen LogP contribution in [0.1, 0.15) is 18.4 Å². The van der Waals surface area contributed by atoms with Crippen LogP contribution in [0.15, 0.2) is 23.8 Å². The van der Waals surface area contributed by atoms with E-state index in [2.05, 4.69) is 10.6 Å². The molecule has 4 heteroatoms. The molecule has 17 heavy (non-hydrogen) atoms. The summed E-state index contributed by atoms with van der Waals surface area (Å²) in [4.78, 5) is 12.0. The van der Waals surface area contributed by atoms with E-state index in [0.29, 0.717) is 5.02 Å². The van der Waals surface area contributed by atoms with E-state index < -0.39 is 0 Å². The number of fused-ring (bicyclic) bond motifs is 1. The number of anilines is 1. The van der Waals surface area contributed by atoms with Gasteiger partial charge in [-0.05, 0) is 38.1 Å². The van der Waals surface area contributed by atoms with Crippen molar-refractivity contribution in [3.05, 3.63) is 34.4 Å². The largest absolute Gasteiger partial charge is 0.321 e. The summed E-state index contributed by atoms with van der Waals surface area (Å²) in [6.45, 7) is 1.91. The molecule has 1 saturated heterocycles. The van der Waals surface area contributed by atoms with E-state index >= 15 is 0 Å². The summed E-state index contributed by atoms with van der Waals surface area (Å²) in [5.74, 6) is 0.0131. The van der Waals surface area contributed by atoms with Gasteiger partial charge in [0.2, 0.25) is 0 Å². The lowest BCUT2D eigenvalue weighted by Gasteiger charge is -2.17. The topological polar surface area (TPSA) is 41.1 Å². The van der Waals surface area contributed by atoms with Gasteiger partial charge in [-0.3, -0.25) is 4.79 Å². The summed E-state index contributed by atoms with van der Waals surface area (Å²) < 4.78 is 0. The molecule has 3 rings (SSSR count). The van der Waals surface area contributed by atoms with Gasteiger partial charge in [0.25, 0.3) is 5.91 Å². The van der Waals surface area contributed by atoms with Gasteiger partial charge in [0.15, 0.2) is 0 Å². The molecule has 1 fully saturated rings. The fourth-order valence-corrected chi connectivity index (χ4v) is 2.65. The SMILES string of the molecule is O=C1Nc2cc(Cl)ccc2C1=C1CCNCC1. The quantitative estimate of drug-likeness (QED) is 0.693. The molecule has 1 amide bonds. The van der Waals surface area contributed by atoms with Gasteiger partial charge in [0.1, 0.15) is 0 Å². The predicted octanol–water partition coefficient (Wildman–Crippen LogP) is 2.43. The number of amides is 1. The first kappa shape index (κ1) is 10.8. The molecule has 2 aliphatic rings. The third-order valence-corrected chi connectivity index (χ3v) is 3.52. The third-order valence-electron chi connectivity index (χ3n) is 3.29. The summed E-state index contributed by atoms with van der Waals surface area (Å²) in [6, 6.07) is 5.58. The van der Waals surface area contributed by atoms with Crippen LogP contribution < -0.4 is 10.6 Å². The molecule has 0 atom stereocenters. The van der Waals surface area contributed by atoms with Crippen molar-refractivity contribution in [3.63, 3.8) is 0 Å². The molecule has 3 nitrogen and oxygen atoms in total. The maximum Gasteiger partial charge on any atom is 0.256 e. The van der Waals surface area contributed by atoms with Gasteiger partial charge >= 0.3 is 0 Å². The molecular weight excluding hydrogens is 236 g/mol. The highest BCUT2D eigenvalue weighted by molar-refractivity contribution is 6.34. The monoisotopic (exact) mass is 248 g/mol. The zero-order chi connectivity index (χ0) is 11.8. The van der Waals surface area contributed by atoms with Crippen LogP contribution in [0.5, 0.6) is 0 Å². The minimum absolute atomic E-state index is 0.0131.